The van der Waals surface area contributed by atoms with Crippen LogP contribution in [-0.4, -0.2) is 31.8 Å². The lowest BCUT2D eigenvalue weighted by molar-refractivity contribution is -0.117. The molecule has 1 fully saturated rings. The fourth-order valence-electron chi connectivity index (χ4n) is 2.86. The normalized spacial score (nSPS) is 19.6. The summed E-state index contributed by atoms with van der Waals surface area (Å²) in [5.74, 6) is 0.693. The van der Waals surface area contributed by atoms with Crippen molar-refractivity contribution in [2.45, 2.75) is 38.6 Å². The molecule has 1 aromatic carbocycles. The van der Waals surface area contributed by atoms with E-state index in [-0.39, 0.29) is 30.3 Å². The number of amides is 1. The highest BCUT2D eigenvalue weighted by atomic mass is 35.5. The lowest BCUT2D eigenvalue weighted by Gasteiger charge is -2.17. The standard InChI is InChI=1S/C17H25ClN2O3.ClH/c1-2-22-9-10-23-17-13(18)6-4-8-15(17)20-16(21)11-12-5-3-7-14(12)19;/h4,6,8,12,14H,2-3,5,7,9-11,19H2,1H3,(H,20,21);1H/t12-,14+;/m0./s1. The lowest BCUT2D eigenvalue weighted by atomic mass is 10.00. The Morgan fingerprint density at radius 2 is 2.17 bits per heavy atom. The minimum Gasteiger partial charge on any atom is -0.487 e. The number of carbonyl (C=O) groups excluding carboxylic acids is 1. The number of para-hydroxylation sites is 1. The van der Waals surface area contributed by atoms with Crippen LogP contribution in [-0.2, 0) is 9.53 Å². The van der Waals surface area contributed by atoms with Crippen molar-refractivity contribution in [1.82, 2.24) is 0 Å². The van der Waals surface area contributed by atoms with E-state index in [9.17, 15) is 4.79 Å². The van der Waals surface area contributed by atoms with Gasteiger partial charge >= 0.3 is 0 Å². The van der Waals surface area contributed by atoms with Gasteiger partial charge in [-0.2, -0.15) is 0 Å². The van der Waals surface area contributed by atoms with E-state index in [1.54, 1.807) is 18.2 Å². The van der Waals surface area contributed by atoms with Crippen LogP contribution in [0.2, 0.25) is 5.02 Å². The van der Waals surface area contributed by atoms with E-state index in [4.69, 9.17) is 26.8 Å². The first-order chi connectivity index (χ1) is 11.1. The van der Waals surface area contributed by atoms with E-state index in [2.05, 4.69) is 5.32 Å². The molecular weight excluding hydrogens is 351 g/mol. The molecule has 1 amide bonds. The lowest BCUT2D eigenvalue weighted by Crippen LogP contribution is -2.28. The van der Waals surface area contributed by atoms with Crippen molar-refractivity contribution < 1.29 is 14.3 Å². The van der Waals surface area contributed by atoms with Crippen LogP contribution in [0.1, 0.15) is 32.6 Å². The molecule has 2 atom stereocenters. The zero-order valence-electron chi connectivity index (χ0n) is 13.9. The predicted molar refractivity (Wildman–Crippen MR) is 99.3 cm³/mol. The number of nitrogens with two attached hydrogens (primary N) is 1. The second-order valence-corrected chi connectivity index (χ2v) is 6.18. The molecule has 7 heteroatoms. The first-order valence-corrected chi connectivity index (χ1v) is 8.54. The topological polar surface area (TPSA) is 73.6 Å². The summed E-state index contributed by atoms with van der Waals surface area (Å²) >= 11 is 6.18. The van der Waals surface area contributed by atoms with Crippen LogP contribution in [0.25, 0.3) is 0 Å². The molecule has 5 nitrogen and oxygen atoms in total. The smallest absolute Gasteiger partial charge is 0.224 e. The van der Waals surface area contributed by atoms with Crippen LogP contribution in [0.5, 0.6) is 5.75 Å². The number of ether oxygens (including phenoxy) is 2. The zero-order valence-corrected chi connectivity index (χ0v) is 15.5. The molecule has 0 aromatic heterocycles. The van der Waals surface area contributed by atoms with Crippen LogP contribution in [0.4, 0.5) is 5.69 Å². The van der Waals surface area contributed by atoms with Gasteiger partial charge < -0.3 is 20.5 Å². The third kappa shape index (κ3) is 6.13. The van der Waals surface area contributed by atoms with Gasteiger partial charge in [0.15, 0.2) is 5.75 Å². The van der Waals surface area contributed by atoms with Gasteiger partial charge in [0.1, 0.15) is 6.61 Å². The highest BCUT2D eigenvalue weighted by molar-refractivity contribution is 6.32. The maximum atomic E-state index is 12.3. The van der Waals surface area contributed by atoms with Gasteiger partial charge in [0.05, 0.1) is 17.3 Å². The summed E-state index contributed by atoms with van der Waals surface area (Å²) < 4.78 is 10.9. The van der Waals surface area contributed by atoms with E-state index in [1.165, 1.54) is 0 Å². The van der Waals surface area contributed by atoms with Crippen LogP contribution in [0, 0.1) is 5.92 Å². The second kappa shape index (κ2) is 10.8. The fraction of sp³-hybridized carbons (Fsp3) is 0.588. The third-order valence-corrected chi connectivity index (χ3v) is 4.38. The average Bonchev–Trinajstić information content (AvgIpc) is 2.91. The van der Waals surface area contributed by atoms with Crippen molar-refractivity contribution >= 4 is 35.6 Å². The summed E-state index contributed by atoms with van der Waals surface area (Å²) in [6.07, 6.45) is 3.55. The molecule has 136 valence electrons. The Morgan fingerprint density at radius 1 is 1.38 bits per heavy atom. The van der Waals surface area contributed by atoms with Crippen LogP contribution in [0.3, 0.4) is 0 Å². The molecule has 0 aliphatic heterocycles. The molecule has 0 heterocycles. The minimum absolute atomic E-state index is 0. The van der Waals surface area contributed by atoms with Gasteiger partial charge in [0.2, 0.25) is 5.91 Å². The molecule has 24 heavy (non-hydrogen) atoms. The number of benzene rings is 1. The van der Waals surface area contributed by atoms with Gasteiger partial charge in [-0.15, -0.1) is 12.4 Å². The summed E-state index contributed by atoms with van der Waals surface area (Å²) in [6, 6.07) is 5.44. The summed E-state index contributed by atoms with van der Waals surface area (Å²) in [5, 5.41) is 3.36. The SMILES string of the molecule is CCOCCOc1c(Cl)cccc1NC(=O)C[C@@H]1CCC[C@H]1N.Cl. The van der Waals surface area contributed by atoms with Crippen molar-refractivity contribution in [3.05, 3.63) is 23.2 Å². The summed E-state index contributed by atoms with van der Waals surface area (Å²) in [5.41, 5.74) is 6.62. The Balaban J connectivity index is 0.00000288. The maximum Gasteiger partial charge on any atom is 0.224 e. The molecule has 0 unspecified atom stereocenters. The molecular formula is C17H26Cl2N2O3. The summed E-state index contributed by atoms with van der Waals surface area (Å²) in [4.78, 5) is 12.3. The first kappa shape index (κ1) is 21.0. The molecule has 3 N–H and O–H groups in total. The molecule has 1 aromatic rings. The molecule has 1 saturated carbocycles. The molecule has 1 aliphatic carbocycles. The number of anilines is 1. The predicted octanol–water partition coefficient (Wildman–Crippen LogP) is 3.63. The van der Waals surface area contributed by atoms with Crippen molar-refractivity contribution in [2.24, 2.45) is 11.7 Å². The van der Waals surface area contributed by atoms with Crippen LogP contribution in [0.15, 0.2) is 18.2 Å². The summed E-state index contributed by atoms with van der Waals surface area (Å²) in [7, 11) is 0. The zero-order chi connectivity index (χ0) is 16.7. The van der Waals surface area contributed by atoms with Crippen molar-refractivity contribution in [2.75, 3.05) is 25.1 Å². The van der Waals surface area contributed by atoms with E-state index in [0.717, 1.165) is 19.3 Å². The van der Waals surface area contributed by atoms with Gasteiger partial charge in [0.25, 0.3) is 0 Å². The number of hydrogen-bond acceptors (Lipinski definition) is 4. The van der Waals surface area contributed by atoms with Gasteiger partial charge in [-0.3, -0.25) is 4.79 Å². The molecule has 0 bridgehead atoms. The van der Waals surface area contributed by atoms with Gasteiger partial charge in [-0.1, -0.05) is 24.1 Å². The van der Waals surface area contributed by atoms with E-state index in [0.29, 0.717) is 42.7 Å². The molecule has 0 spiro atoms. The quantitative estimate of drug-likeness (QED) is 0.679. The average molecular weight is 377 g/mol. The van der Waals surface area contributed by atoms with Gasteiger partial charge in [-0.05, 0) is 37.8 Å². The molecule has 0 saturated heterocycles. The highest BCUT2D eigenvalue weighted by Crippen LogP contribution is 2.34. The van der Waals surface area contributed by atoms with E-state index >= 15 is 0 Å². The second-order valence-electron chi connectivity index (χ2n) is 5.77. The Labute approximate surface area is 154 Å². The first-order valence-electron chi connectivity index (χ1n) is 8.16. The number of rotatable bonds is 8. The molecule has 0 radical (unpaired) electrons. The third-order valence-electron chi connectivity index (χ3n) is 4.08. The summed E-state index contributed by atoms with van der Waals surface area (Å²) in [6.45, 7) is 3.42. The number of carbonyl (C=O) groups is 1. The van der Waals surface area contributed by atoms with Gasteiger partial charge in [0, 0.05) is 19.1 Å². The van der Waals surface area contributed by atoms with Gasteiger partial charge in [-0.25, -0.2) is 0 Å². The Bertz CT molecular complexity index is 529. The maximum absolute atomic E-state index is 12.3. The number of halogens is 2. The monoisotopic (exact) mass is 376 g/mol. The van der Waals surface area contributed by atoms with E-state index < -0.39 is 0 Å². The fourth-order valence-corrected chi connectivity index (χ4v) is 3.09. The van der Waals surface area contributed by atoms with Crippen LogP contribution < -0.4 is 15.8 Å². The molecule has 2 rings (SSSR count). The van der Waals surface area contributed by atoms with Crippen LogP contribution >= 0.6 is 24.0 Å². The Morgan fingerprint density at radius 3 is 2.83 bits per heavy atom. The van der Waals surface area contributed by atoms with Crippen molar-refractivity contribution in [3.63, 3.8) is 0 Å². The Hall–Kier alpha value is -1.01. The van der Waals surface area contributed by atoms with Crippen molar-refractivity contribution in [1.29, 1.82) is 0 Å². The largest absolute Gasteiger partial charge is 0.487 e. The van der Waals surface area contributed by atoms with E-state index in [1.807, 2.05) is 6.92 Å². The number of nitrogens with one attached hydrogen (secondary N) is 1. The Kier molecular flexibility index (Phi) is 9.44. The number of hydrogen-bond donors (Lipinski definition) is 2. The molecule has 1 aliphatic rings. The highest BCUT2D eigenvalue weighted by Gasteiger charge is 2.26. The minimum atomic E-state index is -0.0516. The van der Waals surface area contributed by atoms with Crippen molar-refractivity contribution in [3.8, 4) is 5.75 Å².